The van der Waals surface area contributed by atoms with Crippen LogP contribution in [-0.2, 0) is 16.1 Å². The van der Waals surface area contributed by atoms with Crippen molar-refractivity contribution in [3.8, 4) is 0 Å². The minimum atomic E-state index is -0.308. The van der Waals surface area contributed by atoms with Gasteiger partial charge in [0.2, 0.25) is 0 Å². The first-order valence-electron chi connectivity index (χ1n) is 10.5. The smallest absolute Gasteiger partial charge is 0.278 e. The van der Waals surface area contributed by atoms with Crippen LogP contribution in [0.2, 0.25) is 0 Å². The lowest BCUT2D eigenvalue weighted by atomic mass is 10.0. The molecule has 1 N–H and O–H groups in total. The largest absolute Gasteiger partial charge is 0.350 e. The van der Waals surface area contributed by atoms with Crippen molar-refractivity contribution in [2.45, 2.75) is 33.2 Å². The highest BCUT2D eigenvalue weighted by Crippen LogP contribution is 2.32. The molecule has 1 heterocycles. The van der Waals surface area contributed by atoms with Gasteiger partial charge in [-0.2, -0.15) is 0 Å². The Hall–Kier alpha value is -3.66. The molecule has 1 aliphatic heterocycles. The number of aryl methyl sites for hydroxylation is 1. The van der Waals surface area contributed by atoms with Crippen molar-refractivity contribution in [1.29, 1.82) is 0 Å². The molecule has 4 nitrogen and oxygen atoms in total. The maximum absolute atomic E-state index is 13.4. The Morgan fingerprint density at radius 1 is 0.806 bits per heavy atom. The molecule has 31 heavy (non-hydrogen) atoms. The van der Waals surface area contributed by atoms with Crippen molar-refractivity contribution < 1.29 is 9.59 Å². The molecule has 0 aliphatic carbocycles. The number of hydrogen-bond donors (Lipinski definition) is 1. The van der Waals surface area contributed by atoms with Crippen molar-refractivity contribution >= 4 is 23.1 Å². The van der Waals surface area contributed by atoms with Gasteiger partial charge < -0.3 is 5.32 Å². The van der Waals surface area contributed by atoms with Crippen molar-refractivity contribution in [1.82, 2.24) is 4.90 Å². The quantitative estimate of drug-likeness (QED) is 0.545. The second-order valence-electron chi connectivity index (χ2n) is 8.20. The number of imide groups is 1. The van der Waals surface area contributed by atoms with Gasteiger partial charge in [0.1, 0.15) is 5.70 Å². The molecule has 0 aromatic heterocycles. The Bertz CT molecular complexity index is 1130. The van der Waals surface area contributed by atoms with Gasteiger partial charge in [-0.05, 0) is 41.7 Å². The molecule has 0 saturated heterocycles. The fourth-order valence-electron chi connectivity index (χ4n) is 3.69. The third-order valence-electron chi connectivity index (χ3n) is 5.54. The molecular formula is C27H26N2O2. The molecule has 1 aliphatic rings. The summed E-state index contributed by atoms with van der Waals surface area (Å²) in [7, 11) is 0. The van der Waals surface area contributed by atoms with E-state index in [9.17, 15) is 9.59 Å². The van der Waals surface area contributed by atoms with Gasteiger partial charge in [-0.25, -0.2) is 0 Å². The van der Waals surface area contributed by atoms with Gasteiger partial charge in [0, 0.05) is 5.69 Å². The van der Waals surface area contributed by atoms with Crippen LogP contribution < -0.4 is 5.32 Å². The monoisotopic (exact) mass is 410 g/mol. The Morgan fingerprint density at radius 3 is 2.06 bits per heavy atom. The molecule has 2 amide bonds. The summed E-state index contributed by atoms with van der Waals surface area (Å²) in [4.78, 5) is 28.0. The zero-order chi connectivity index (χ0) is 22.0. The fraction of sp³-hybridized carbons (Fsp3) is 0.185. The molecule has 3 aromatic rings. The van der Waals surface area contributed by atoms with Gasteiger partial charge in [0.05, 0.1) is 12.1 Å². The first-order valence-corrected chi connectivity index (χ1v) is 10.5. The van der Waals surface area contributed by atoms with E-state index in [1.54, 1.807) is 0 Å². The molecule has 4 heteroatoms. The molecular weight excluding hydrogens is 384 g/mol. The number of carbonyl (C=O) groups excluding carboxylic acids is 2. The molecule has 0 bridgehead atoms. The molecule has 3 aromatic carbocycles. The number of anilines is 1. The fourth-order valence-corrected chi connectivity index (χ4v) is 3.69. The van der Waals surface area contributed by atoms with E-state index in [4.69, 9.17) is 0 Å². The van der Waals surface area contributed by atoms with E-state index in [1.807, 2.05) is 85.8 Å². The minimum Gasteiger partial charge on any atom is -0.350 e. The molecule has 4 rings (SSSR count). The number of amides is 2. The van der Waals surface area contributed by atoms with E-state index in [2.05, 4.69) is 19.2 Å². The Kier molecular flexibility index (Phi) is 5.72. The number of hydrogen-bond acceptors (Lipinski definition) is 3. The van der Waals surface area contributed by atoms with E-state index in [0.29, 0.717) is 17.2 Å². The van der Waals surface area contributed by atoms with Crippen LogP contribution >= 0.6 is 0 Å². The maximum atomic E-state index is 13.4. The first kappa shape index (κ1) is 20.6. The highest BCUT2D eigenvalue weighted by atomic mass is 16.2. The summed E-state index contributed by atoms with van der Waals surface area (Å²) >= 11 is 0. The SMILES string of the molecule is Cc1ccc(C2=C(Nc3ccc(C(C)C)cc3)C(=O)N(Cc3ccccc3)C2=O)cc1. The summed E-state index contributed by atoms with van der Waals surface area (Å²) in [6.07, 6.45) is 0. The van der Waals surface area contributed by atoms with Crippen LogP contribution in [0.25, 0.3) is 5.57 Å². The summed E-state index contributed by atoms with van der Waals surface area (Å²) in [5, 5.41) is 3.23. The lowest BCUT2D eigenvalue weighted by molar-refractivity contribution is -0.137. The number of nitrogens with one attached hydrogen (secondary N) is 1. The van der Waals surface area contributed by atoms with Crippen LogP contribution in [0.5, 0.6) is 0 Å². The van der Waals surface area contributed by atoms with E-state index < -0.39 is 0 Å². The first-order chi connectivity index (χ1) is 14.9. The zero-order valence-electron chi connectivity index (χ0n) is 18.1. The standard InChI is InChI=1S/C27H26N2O2/c1-18(2)21-13-15-23(16-14-21)28-25-24(22-11-9-19(3)10-12-22)26(30)29(27(25)31)17-20-7-5-4-6-8-20/h4-16,18,28H,17H2,1-3H3. The molecule has 0 saturated carbocycles. The summed E-state index contributed by atoms with van der Waals surface area (Å²) < 4.78 is 0. The highest BCUT2D eigenvalue weighted by molar-refractivity contribution is 6.36. The number of rotatable bonds is 6. The summed E-state index contributed by atoms with van der Waals surface area (Å²) in [6, 6.07) is 25.3. The summed E-state index contributed by atoms with van der Waals surface area (Å²) in [6.45, 7) is 6.52. The van der Waals surface area contributed by atoms with Gasteiger partial charge in [-0.3, -0.25) is 14.5 Å². The minimum absolute atomic E-state index is 0.241. The predicted octanol–water partition coefficient (Wildman–Crippen LogP) is 5.51. The second kappa shape index (κ2) is 8.60. The summed E-state index contributed by atoms with van der Waals surface area (Å²) in [5.74, 6) is -0.163. The van der Waals surface area contributed by atoms with Gasteiger partial charge in [-0.1, -0.05) is 86.1 Å². The van der Waals surface area contributed by atoms with Crippen molar-refractivity contribution in [3.05, 3.63) is 107 Å². The lowest BCUT2D eigenvalue weighted by Crippen LogP contribution is -2.31. The zero-order valence-corrected chi connectivity index (χ0v) is 18.1. The Labute approximate surface area is 183 Å². The molecule has 0 spiro atoms. The van der Waals surface area contributed by atoms with Crippen LogP contribution in [0.1, 0.15) is 42.0 Å². The number of carbonyl (C=O) groups is 2. The molecule has 0 radical (unpaired) electrons. The number of benzene rings is 3. The normalized spacial score (nSPS) is 14.0. The van der Waals surface area contributed by atoms with Crippen LogP contribution in [-0.4, -0.2) is 16.7 Å². The third-order valence-corrected chi connectivity index (χ3v) is 5.54. The third kappa shape index (κ3) is 4.29. The van der Waals surface area contributed by atoms with Crippen LogP contribution in [0.4, 0.5) is 5.69 Å². The number of nitrogens with zero attached hydrogens (tertiary/aromatic N) is 1. The van der Waals surface area contributed by atoms with Gasteiger partial charge >= 0.3 is 0 Å². The second-order valence-corrected chi connectivity index (χ2v) is 8.20. The predicted molar refractivity (Wildman–Crippen MR) is 124 cm³/mol. The van der Waals surface area contributed by atoms with Crippen LogP contribution in [0, 0.1) is 6.92 Å². The van der Waals surface area contributed by atoms with Crippen molar-refractivity contribution in [3.63, 3.8) is 0 Å². The molecule has 0 unspecified atom stereocenters. The molecule has 0 fully saturated rings. The topological polar surface area (TPSA) is 49.4 Å². The van der Waals surface area contributed by atoms with Gasteiger partial charge in [0.15, 0.2) is 0 Å². The van der Waals surface area contributed by atoms with E-state index in [0.717, 1.165) is 22.4 Å². The molecule has 0 atom stereocenters. The van der Waals surface area contributed by atoms with E-state index >= 15 is 0 Å². The van der Waals surface area contributed by atoms with Crippen molar-refractivity contribution in [2.75, 3.05) is 5.32 Å². The summed E-state index contributed by atoms with van der Waals surface area (Å²) in [5.41, 5.74) is 5.48. The van der Waals surface area contributed by atoms with Gasteiger partial charge in [0.25, 0.3) is 11.8 Å². The van der Waals surface area contributed by atoms with E-state index in [-0.39, 0.29) is 18.4 Å². The Balaban J connectivity index is 1.71. The van der Waals surface area contributed by atoms with E-state index in [1.165, 1.54) is 10.5 Å². The Morgan fingerprint density at radius 2 is 1.45 bits per heavy atom. The van der Waals surface area contributed by atoms with Crippen LogP contribution in [0.3, 0.4) is 0 Å². The maximum Gasteiger partial charge on any atom is 0.278 e. The van der Waals surface area contributed by atoms with Crippen LogP contribution in [0.15, 0.2) is 84.6 Å². The highest BCUT2D eigenvalue weighted by Gasteiger charge is 2.39. The van der Waals surface area contributed by atoms with Gasteiger partial charge in [-0.15, -0.1) is 0 Å². The van der Waals surface area contributed by atoms with Crippen molar-refractivity contribution in [2.24, 2.45) is 0 Å². The average Bonchev–Trinajstić information content (AvgIpc) is 3.00. The lowest BCUT2D eigenvalue weighted by Gasteiger charge is -2.15. The average molecular weight is 411 g/mol. The molecule has 156 valence electrons.